The van der Waals surface area contributed by atoms with Gasteiger partial charge >= 0.3 is 0 Å². The highest BCUT2D eigenvalue weighted by Gasteiger charge is 2.25. The van der Waals surface area contributed by atoms with E-state index < -0.39 is 6.04 Å². The SMILES string of the molecule is CC[C@H](C(=O)NCc1ccccc1C)n1nc(C)c2c(C)n(-c3ccccc3)nc2c1=O. The van der Waals surface area contributed by atoms with Crippen LogP contribution in [0, 0.1) is 20.8 Å². The summed E-state index contributed by atoms with van der Waals surface area (Å²) < 4.78 is 3.04. The lowest BCUT2D eigenvalue weighted by molar-refractivity contribution is -0.125. The highest BCUT2D eigenvalue weighted by molar-refractivity contribution is 5.84. The topological polar surface area (TPSA) is 81.8 Å². The van der Waals surface area contributed by atoms with Crippen molar-refractivity contribution in [1.29, 1.82) is 0 Å². The van der Waals surface area contributed by atoms with Crippen LogP contribution in [0.2, 0.25) is 0 Å². The van der Waals surface area contributed by atoms with Gasteiger partial charge in [0.15, 0.2) is 5.52 Å². The van der Waals surface area contributed by atoms with Crippen molar-refractivity contribution in [1.82, 2.24) is 24.9 Å². The monoisotopic (exact) mass is 429 g/mol. The summed E-state index contributed by atoms with van der Waals surface area (Å²) in [5.41, 5.74) is 4.50. The van der Waals surface area contributed by atoms with Gasteiger partial charge in [0.1, 0.15) is 6.04 Å². The zero-order valence-electron chi connectivity index (χ0n) is 18.8. The zero-order valence-corrected chi connectivity index (χ0v) is 18.8. The molecule has 2 aromatic heterocycles. The number of amides is 1. The molecule has 164 valence electrons. The lowest BCUT2D eigenvalue weighted by Gasteiger charge is -2.18. The summed E-state index contributed by atoms with van der Waals surface area (Å²) in [6.07, 6.45) is 0.440. The molecule has 0 radical (unpaired) electrons. The fourth-order valence-corrected chi connectivity index (χ4v) is 4.06. The van der Waals surface area contributed by atoms with Crippen molar-refractivity contribution >= 4 is 16.8 Å². The summed E-state index contributed by atoms with van der Waals surface area (Å²) in [6.45, 7) is 8.06. The van der Waals surface area contributed by atoms with E-state index in [0.29, 0.717) is 24.2 Å². The predicted molar refractivity (Wildman–Crippen MR) is 125 cm³/mol. The second-order valence-corrected chi connectivity index (χ2v) is 7.96. The number of rotatable bonds is 6. The smallest absolute Gasteiger partial charge is 0.295 e. The van der Waals surface area contributed by atoms with Crippen molar-refractivity contribution in [3.05, 3.63) is 87.5 Å². The van der Waals surface area contributed by atoms with E-state index in [-0.39, 0.29) is 11.5 Å². The average Bonchev–Trinajstić information content (AvgIpc) is 3.15. The molecule has 7 heteroatoms. The van der Waals surface area contributed by atoms with Gasteiger partial charge in [0.2, 0.25) is 5.91 Å². The number of aryl methyl sites for hydroxylation is 3. The molecule has 0 aliphatic heterocycles. The second-order valence-electron chi connectivity index (χ2n) is 7.96. The van der Waals surface area contributed by atoms with Gasteiger partial charge in [0.25, 0.3) is 5.56 Å². The molecule has 7 nitrogen and oxygen atoms in total. The maximum Gasteiger partial charge on any atom is 0.295 e. The van der Waals surface area contributed by atoms with Crippen LogP contribution < -0.4 is 10.9 Å². The quantitative estimate of drug-likeness (QED) is 0.506. The summed E-state index contributed by atoms with van der Waals surface area (Å²) >= 11 is 0. The number of hydrogen-bond donors (Lipinski definition) is 1. The van der Waals surface area contributed by atoms with Crippen LogP contribution in [0.15, 0.2) is 59.4 Å². The Morgan fingerprint density at radius 1 is 1.00 bits per heavy atom. The maximum absolute atomic E-state index is 13.4. The second kappa shape index (κ2) is 8.78. The molecule has 2 aromatic carbocycles. The normalized spacial score (nSPS) is 12.1. The number of carbonyl (C=O) groups is 1. The van der Waals surface area contributed by atoms with Gasteiger partial charge in [-0.1, -0.05) is 49.4 Å². The van der Waals surface area contributed by atoms with Crippen molar-refractivity contribution in [2.75, 3.05) is 0 Å². The molecule has 0 unspecified atom stereocenters. The first kappa shape index (κ1) is 21.5. The summed E-state index contributed by atoms with van der Waals surface area (Å²) in [4.78, 5) is 26.4. The molecule has 0 saturated heterocycles. The number of carbonyl (C=O) groups excluding carboxylic acids is 1. The van der Waals surface area contributed by atoms with Gasteiger partial charge in [-0.15, -0.1) is 0 Å². The third-order valence-corrected chi connectivity index (χ3v) is 5.85. The molecule has 0 aliphatic rings. The Kier molecular flexibility index (Phi) is 5.90. The first-order valence-electron chi connectivity index (χ1n) is 10.8. The summed E-state index contributed by atoms with van der Waals surface area (Å²) in [5, 5.41) is 12.8. The molecular weight excluding hydrogens is 402 g/mol. The number of hydrogen-bond acceptors (Lipinski definition) is 4. The van der Waals surface area contributed by atoms with E-state index in [1.54, 1.807) is 4.68 Å². The zero-order chi connectivity index (χ0) is 22.8. The minimum Gasteiger partial charge on any atom is -0.350 e. The van der Waals surface area contributed by atoms with E-state index in [9.17, 15) is 9.59 Å². The fraction of sp³-hybridized carbons (Fsp3) is 0.280. The largest absolute Gasteiger partial charge is 0.350 e. The van der Waals surface area contributed by atoms with E-state index >= 15 is 0 Å². The summed E-state index contributed by atoms with van der Waals surface area (Å²) in [7, 11) is 0. The van der Waals surface area contributed by atoms with E-state index in [0.717, 1.165) is 27.9 Å². The van der Waals surface area contributed by atoms with Crippen molar-refractivity contribution in [2.45, 2.75) is 46.7 Å². The molecule has 0 aliphatic carbocycles. The van der Waals surface area contributed by atoms with Crippen LogP contribution >= 0.6 is 0 Å². The van der Waals surface area contributed by atoms with Gasteiger partial charge in [0, 0.05) is 6.54 Å². The Labute approximate surface area is 186 Å². The average molecular weight is 430 g/mol. The van der Waals surface area contributed by atoms with E-state index in [2.05, 4.69) is 15.5 Å². The van der Waals surface area contributed by atoms with Gasteiger partial charge in [-0.2, -0.15) is 10.2 Å². The highest BCUT2D eigenvalue weighted by atomic mass is 16.2. The third kappa shape index (κ3) is 3.82. The fourth-order valence-electron chi connectivity index (χ4n) is 4.06. The standard InChI is InChI=1S/C25H27N5O2/c1-5-21(24(31)26-15-19-12-10-9-11-16(19)2)30-25(32)23-22(17(3)27-30)18(4)29(28-23)20-13-7-6-8-14-20/h6-14,21H,5,15H2,1-4H3,(H,26,31)/t21-/m1/s1. The van der Waals surface area contributed by atoms with E-state index in [4.69, 9.17) is 0 Å². The van der Waals surface area contributed by atoms with Gasteiger partial charge in [-0.3, -0.25) is 9.59 Å². The van der Waals surface area contributed by atoms with Crippen LogP contribution in [0.1, 0.15) is 41.9 Å². The minimum atomic E-state index is -0.711. The number of nitrogens with zero attached hydrogens (tertiary/aromatic N) is 4. The lowest BCUT2D eigenvalue weighted by Crippen LogP contribution is -2.38. The molecule has 4 rings (SSSR count). The molecule has 32 heavy (non-hydrogen) atoms. The van der Waals surface area contributed by atoms with Crippen LogP contribution in [0.5, 0.6) is 0 Å². The first-order chi connectivity index (χ1) is 15.4. The van der Waals surface area contributed by atoms with Crippen LogP contribution in [0.3, 0.4) is 0 Å². The molecule has 1 N–H and O–H groups in total. The van der Waals surface area contributed by atoms with Crippen LogP contribution in [0.4, 0.5) is 0 Å². The molecule has 0 fully saturated rings. The molecule has 2 heterocycles. The van der Waals surface area contributed by atoms with Gasteiger partial charge in [-0.05, 0) is 50.5 Å². The molecule has 1 atom stereocenters. The Morgan fingerprint density at radius 2 is 1.69 bits per heavy atom. The maximum atomic E-state index is 13.4. The summed E-state index contributed by atoms with van der Waals surface area (Å²) in [5.74, 6) is -0.233. The number of nitrogens with one attached hydrogen (secondary N) is 1. The number of para-hydroxylation sites is 1. The number of aromatic nitrogens is 4. The predicted octanol–water partition coefficient (Wildman–Crippen LogP) is 3.77. The van der Waals surface area contributed by atoms with Crippen molar-refractivity contribution in [3.63, 3.8) is 0 Å². The Bertz CT molecular complexity index is 1340. The van der Waals surface area contributed by atoms with Gasteiger partial charge in [0.05, 0.1) is 22.5 Å². The molecule has 0 bridgehead atoms. The van der Waals surface area contributed by atoms with E-state index in [1.807, 2.05) is 82.3 Å². The minimum absolute atomic E-state index is 0.233. The Balaban J connectivity index is 1.71. The van der Waals surface area contributed by atoms with Crippen LogP contribution in [-0.4, -0.2) is 25.5 Å². The third-order valence-electron chi connectivity index (χ3n) is 5.85. The summed E-state index contributed by atoms with van der Waals surface area (Å²) in [6, 6.07) is 16.9. The molecule has 0 saturated carbocycles. The van der Waals surface area contributed by atoms with E-state index in [1.165, 1.54) is 4.68 Å². The number of fused-ring (bicyclic) bond motifs is 1. The first-order valence-corrected chi connectivity index (χ1v) is 10.8. The lowest BCUT2D eigenvalue weighted by atomic mass is 10.1. The molecular formula is C25H27N5O2. The Hall–Kier alpha value is -3.74. The van der Waals surface area contributed by atoms with Crippen molar-refractivity contribution in [2.24, 2.45) is 0 Å². The van der Waals surface area contributed by atoms with Crippen LogP contribution in [-0.2, 0) is 11.3 Å². The van der Waals surface area contributed by atoms with Crippen molar-refractivity contribution < 1.29 is 4.79 Å². The number of benzene rings is 2. The molecule has 4 aromatic rings. The van der Waals surface area contributed by atoms with Crippen LogP contribution in [0.25, 0.3) is 16.6 Å². The van der Waals surface area contributed by atoms with Gasteiger partial charge in [-0.25, -0.2) is 9.36 Å². The Morgan fingerprint density at radius 3 is 2.38 bits per heavy atom. The van der Waals surface area contributed by atoms with Gasteiger partial charge < -0.3 is 5.32 Å². The molecule has 0 spiro atoms. The van der Waals surface area contributed by atoms with Crippen molar-refractivity contribution in [3.8, 4) is 5.69 Å². The highest BCUT2D eigenvalue weighted by Crippen LogP contribution is 2.22. The molecule has 1 amide bonds.